The summed E-state index contributed by atoms with van der Waals surface area (Å²) in [4.78, 5) is 4.02. The summed E-state index contributed by atoms with van der Waals surface area (Å²) in [6.07, 6.45) is 0.984. The summed E-state index contributed by atoms with van der Waals surface area (Å²) in [7, 11) is 3.93. The van der Waals surface area contributed by atoms with Crippen molar-refractivity contribution in [3.63, 3.8) is 0 Å². The van der Waals surface area contributed by atoms with Gasteiger partial charge in [0, 0.05) is 6.54 Å². The molecular formula is C6H12Cl2N2. The molecule has 0 aromatic heterocycles. The quantitative estimate of drug-likeness (QED) is 0.413. The van der Waals surface area contributed by atoms with Crippen molar-refractivity contribution in [1.29, 1.82) is 0 Å². The van der Waals surface area contributed by atoms with E-state index < -0.39 is 0 Å². The second-order valence-electron chi connectivity index (χ2n) is 2.68. The van der Waals surface area contributed by atoms with E-state index in [2.05, 4.69) is 4.90 Å². The van der Waals surface area contributed by atoms with Crippen LogP contribution in [0.2, 0.25) is 0 Å². The smallest absolute Gasteiger partial charge is 0.141 e. The van der Waals surface area contributed by atoms with Gasteiger partial charge in [0.1, 0.15) is 5.62 Å². The summed E-state index contributed by atoms with van der Waals surface area (Å²) in [6.45, 7) is 0.979. The molecule has 0 aromatic rings. The normalized spacial score (nSPS) is 38.4. The minimum atomic E-state index is -0.0451. The number of hydrogen-bond donors (Lipinski definition) is 0. The Kier molecular flexibility index (Phi) is 2.81. The Hall–Kier alpha value is 0.500. The maximum Gasteiger partial charge on any atom is 0.141 e. The van der Waals surface area contributed by atoms with Gasteiger partial charge in [-0.1, -0.05) is 11.6 Å². The van der Waals surface area contributed by atoms with Gasteiger partial charge in [0.05, 0.1) is 5.50 Å². The molecule has 4 heteroatoms. The van der Waals surface area contributed by atoms with E-state index >= 15 is 0 Å². The largest absolute Gasteiger partial charge is 0.278 e. The highest BCUT2D eigenvalue weighted by Crippen LogP contribution is 2.21. The van der Waals surface area contributed by atoms with Crippen LogP contribution in [0.4, 0.5) is 0 Å². The van der Waals surface area contributed by atoms with E-state index in [0.29, 0.717) is 0 Å². The Morgan fingerprint density at radius 2 is 1.90 bits per heavy atom. The molecule has 2 atom stereocenters. The summed E-state index contributed by atoms with van der Waals surface area (Å²) in [5, 5.41) is 0. The molecule has 60 valence electrons. The topological polar surface area (TPSA) is 6.48 Å². The van der Waals surface area contributed by atoms with Crippen LogP contribution in [0.15, 0.2) is 0 Å². The SMILES string of the molecule is CN1CCC(Cl)N(C)C1Cl. The van der Waals surface area contributed by atoms with Gasteiger partial charge in [0.25, 0.3) is 0 Å². The van der Waals surface area contributed by atoms with E-state index in [1.165, 1.54) is 0 Å². The molecular weight excluding hydrogens is 171 g/mol. The van der Waals surface area contributed by atoms with Crippen LogP contribution < -0.4 is 0 Å². The lowest BCUT2D eigenvalue weighted by Crippen LogP contribution is -2.50. The number of rotatable bonds is 0. The third kappa shape index (κ3) is 1.56. The van der Waals surface area contributed by atoms with Crippen LogP contribution in [0, 0.1) is 0 Å². The summed E-state index contributed by atoms with van der Waals surface area (Å²) in [5.74, 6) is 0. The zero-order valence-electron chi connectivity index (χ0n) is 6.22. The molecule has 1 aliphatic heterocycles. The molecule has 1 fully saturated rings. The summed E-state index contributed by atoms with van der Waals surface area (Å²) in [6, 6.07) is 0. The molecule has 0 aliphatic carbocycles. The van der Waals surface area contributed by atoms with Crippen molar-refractivity contribution in [3.05, 3.63) is 0 Å². The average molecular weight is 183 g/mol. The van der Waals surface area contributed by atoms with E-state index in [9.17, 15) is 0 Å². The van der Waals surface area contributed by atoms with E-state index in [1.54, 1.807) is 0 Å². The van der Waals surface area contributed by atoms with Crippen LogP contribution in [0.25, 0.3) is 0 Å². The van der Waals surface area contributed by atoms with Crippen molar-refractivity contribution in [2.24, 2.45) is 0 Å². The molecule has 1 heterocycles. The first-order valence-electron chi connectivity index (χ1n) is 3.33. The van der Waals surface area contributed by atoms with Crippen LogP contribution in [0.5, 0.6) is 0 Å². The number of halogens is 2. The second-order valence-corrected chi connectivity index (χ2v) is 3.57. The van der Waals surface area contributed by atoms with Gasteiger partial charge in [-0.2, -0.15) is 0 Å². The number of nitrogens with zero attached hydrogens (tertiary/aromatic N) is 2. The Morgan fingerprint density at radius 1 is 1.30 bits per heavy atom. The molecule has 10 heavy (non-hydrogen) atoms. The van der Waals surface area contributed by atoms with Crippen molar-refractivity contribution in [2.45, 2.75) is 17.5 Å². The third-order valence-electron chi connectivity index (χ3n) is 1.86. The van der Waals surface area contributed by atoms with E-state index in [1.807, 2.05) is 19.0 Å². The van der Waals surface area contributed by atoms with Crippen LogP contribution in [-0.4, -0.2) is 41.6 Å². The molecule has 0 radical (unpaired) electrons. The van der Waals surface area contributed by atoms with Crippen LogP contribution >= 0.6 is 23.2 Å². The summed E-state index contributed by atoms with van der Waals surface area (Å²) < 4.78 is 0. The van der Waals surface area contributed by atoms with Crippen LogP contribution in [0.3, 0.4) is 0 Å². The molecule has 1 rings (SSSR count). The molecule has 0 spiro atoms. The van der Waals surface area contributed by atoms with Crippen LogP contribution in [-0.2, 0) is 0 Å². The monoisotopic (exact) mass is 182 g/mol. The summed E-state index contributed by atoms with van der Waals surface area (Å²) in [5.41, 5.74) is 0.0509. The molecule has 2 nitrogen and oxygen atoms in total. The number of alkyl halides is 2. The van der Waals surface area contributed by atoms with Gasteiger partial charge < -0.3 is 0 Å². The van der Waals surface area contributed by atoms with E-state index in [0.717, 1.165) is 13.0 Å². The predicted molar refractivity (Wildman–Crippen MR) is 44.3 cm³/mol. The van der Waals surface area contributed by atoms with Gasteiger partial charge in [0.15, 0.2) is 0 Å². The highest BCUT2D eigenvalue weighted by molar-refractivity contribution is 6.23. The second kappa shape index (κ2) is 3.26. The first-order valence-corrected chi connectivity index (χ1v) is 4.20. The Labute approximate surface area is 71.7 Å². The lowest BCUT2D eigenvalue weighted by atomic mass is 10.3. The predicted octanol–water partition coefficient (Wildman–Crippen LogP) is 1.34. The maximum absolute atomic E-state index is 5.98. The molecule has 0 N–H and O–H groups in total. The zero-order valence-corrected chi connectivity index (χ0v) is 7.73. The highest BCUT2D eigenvalue weighted by Gasteiger charge is 2.27. The number of hydrogen-bond acceptors (Lipinski definition) is 2. The van der Waals surface area contributed by atoms with Crippen LogP contribution in [0.1, 0.15) is 6.42 Å². The van der Waals surface area contributed by atoms with Gasteiger partial charge >= 0.3 is 0 Å². The molecule has 1 saturated heterocycles. The van der Waals surface area contributed by atoms with Gasteiger partial charge in [0.2, 0.25) is 0 Å². The minimum Gasteiger partial charge on any atom is -0.278 e. The minimum absolute atomic E-state index is 0.0451. The van der Waals surface area contributed by atoms with Gasteiger partial charge in [-0.15, -0.1) is 11.6 Å². The fourth-order valence-corrected chi connectivity index (χ4v) is 1.56. The first kappa shape index (κ1) is 8.60. The Morgan fingerprint density at radius 3 is 2.40 bits per heavy atom. The highest BCUT2D eigenvalue weighted by atomic mass is 35.5. The lowest BCUT2D eigenvalue weighted by Gasteiger charge is -2.38. The third-order valence-corrected chi connectivity index (χ3v) is 3.03. The molecule has 1 aliphatic rings. The molecule has 0 aromatic carbocycles. The van der Waals surface area contributed by atoms with Gasteiger partial charge in [-0.3, -0.25) is 9.80 Å². The maximum atomic E-state index is 5.98. The van der Waals surface area contributed by atoms with Crippen molar-refractivity contribution in [3.8, 4) is 0 Å². The Balaban J connectivity index is 2.52. The first-order chi connectivity index (χ1) is 4.63. The van der Waals surface area contributed by atoms with Crippen molar-refractivity contribution < 1.29 is 0 Å². The lowest BCUT2D eigenvalue weighted by molar-refractivity contribution is 0.0836. The Bertz CT molecular complexity index is 106. The zero-order chi connectivity index (χ0) is 7.72. The molecule has 2 unspecified atom stereocenters. The van der Waals surface area contributed by atoms with Gasteiger partial charge in [-0.25, -0.2) is 0 Å². The van der Waals surface area contributed by atoms with Crippen molar-refractivity contribution >= 4 is 23.2 Å². The van der Waals surface area contributed by atoms with E-state index in [4.69, 9.17) is 23.2 Å². The molecule has 0 bridgehead atoms. The standard InChI is InChI=1S/C6H12Cl2N2/c1-9-4-3-5(7)10(2)6(9)8/h5-6H,3-4H2,1-2H3. The summed E-state index contributed by atoms with van der Waals surface area (Å²) >= 11 is 11.9. The molecule has 0 saturated carbocycles. The van der Waals surface area contributed by atoms with Crippen molar-refractivity contribution in [1.82, 2.24) is 9.80 Å². The van der Waals surface area contributed by atoms with E-state index in [-0.39, 0.29) is 11.1 Å². The molecule has 0 amide bonds. The van der Waals surface area contributed by atoms with Crippen molar-refractivity contribution in [2.75, 3.05) is 20.6 Å². The average Bonchev–Trinajstić information content (AvgIpc) is 1.93. The fraction of sp³-hybridized carbons (Fsp3) is 1.00. The fourth-order valence-electron chi connectivity index (χ4n) is 1.06. The van der Waals surface area contributed by atoms with Gasteiger partial charge in [-0.05, 0) is 20.5 Å².